The fourth-order valence-corrected chi connectivity index (χ4v) is 1.75. The minimum Gasteiger partial charge on any atom is -0.389 e. The number of hydrogen-bond acceptors (Lipinski definition) is 3. The first kappa shape index (κ1) is 10.4. The van der Waals surface area contributed by atoms with Crippen molar-refractivity contribution in [3.05, 3.63) is 23.9 Å². The van der Waals surface area contributed by atoms with E-state index in [-0.39, 0.29) is 0 Å². The number of hydrogen-bond donors (Lipinski definition) is 2. The first-order valence-electron chi connectivity index (χ1n) is 5.25. The highest BCUT2D eigenvalue weighted by molar-refractivity contribution is 7.80. The molecule has 1 aromatic rings. The second-order valence-corrected chi connectivity index (χ2v) is 4.41. The van der Waals surface area contributed by atoms with E-state index in [1.807, 2.05) is 12.1 Å². The lowest BCUT2D eigenvalue weighted by atomic mass is 9.85. The van der Waals surface area contributed by atoms with Crippen LogP contribution in [0.5, 0.6) is 0 Å². The Morgan fingerprint density at radius 3 is 3.00 bits per heavy atom. The molecular formula is C11H15N3S. The summed E-state index contributed by atoms with van der Waals surface area (Å²) >= 11 is 4.91. The predicted molar refractivity (Wildman–Crippen MR) is 66.0 cm³/mol. The zero-order chi connectivity index (χ0) is 10.7. The molecule has 15 heavy (non-hydrogen) atoms. The highest BCUT2D eigenvalue weighted by Crippen LogP contribution is 2.26. The first-order chi connectivity index (χ1) is 7.25. The van der Waals surface area contributed by atoms with Gasteiger partial charge in [0.15, 0.2) is 0 Å². The molecule has 1 aliphatic rings. The summed E-state index contributed by atoms with van der Waals surface area (Å²) in [6, 6.07) is 3.73. The van der Waals surface area contributed by atoms with E-state index in [0.717, 1.165) is 23.8 Å². The summed E-state index contributed by atoms with van der Waals surface area (Å²) in [7, 11) is 0. The molecule has 1 fully saturated rings. The molecule has 3 N–H and O–H groups in total. The Morgan fingerprint density at radius 1 is 1.60 bits per heavy atom. The maximum absolute atomic E-state index is 5.55. The van der Waals surface area contributed by atoms with Crippen molar-refractivity contribution in [1.29, 1.82) is 0 Å². The van der Waals surface area contributed by atoms with Gasteiger partial charge in [0.2, 0.25) is 0 Å². The van der Waals surface area contributed by atoms with Gasteiger partial charge in [-0.25, -0.2) is 4.98 Å². The molecular weight excluding hydrogens is 206 g/mol. The predicted octanol–water partition coefficient (Wildman–Crippen LogP) is 1.93. The zero-order valence-corrected chi connectivity index (χ0v) is 9.39. The number of nitrogens with two attached hydrogens (primary N) is 1. The van der Waals surface area contributed by atoms with Crippen LogP contribution in [0.2, 0.25) is 0 Å². The van der Waals surface area contributed by atoms with Gasteiger partial charge in [0.05, 0.1) is 0 Å². The van der Waals surface area contributed by atoms with Gasteiger partial charge in [-0.05, 0) is 30.9 Å². The van der Waals surface area contributed by atoms with Crippen LogP contribution >= 0.6 is 12.2 Å². The van der Waals surface area contributed by atoms with Gasteiger partial charge < -0.3 is 11.1 Å². The minimum atomic E-state index is 0.420. The molecule has 1 heterocycles. The van der Waals surface area contributed by atoms with Crippen LogP contribution in [0.4, 0.5) is 5.82 Å². The molecule has 0 saturated heterocycles. The highest BCUT2D eigenvalue weighted by atomic mass is 32.1. The van der Waals surface area contributed by atoms with E-state index in [9.17, 15) is 0 Å². The van der Waals surface area contributed by atoms with Gasteiger partial charge in [0.1, 0.15) is 10.8 Å². The summed E-state index contributed by atoms with van der Waals surface area (Å²) in [5.41, 5.74) is 6.42. The summed E-state index contributed by atoms with van der Waals surface area (Å²) in [4.78, 5) is 4.65. The van der Waals surface area contributed by atoms with Gasteiger partial charge in [-0.1, -0.05) is 18.6 Å². The largest absolute Gasteiger partial charge is 0.389 e. The van der Waals surface area contributed by atoms with Crippen LogP contribution in [-0.4, -0.2) is 16.5 Å². The van der Waals surface area contributed by atoms with E-state index >= 15 is 0 Å². The number of nitrogens with zero attached hydrogens (tertiary/aromatic N) is 1. The Labute approximate surface area is 95.1 Å². The lowest BCUT2D eigenvalue weighted by molar-refractivity contribution is 0.333. The molecule has 4 heteroatoms. The summed E-state index contributed by atoms with van der Waals surface area (Å²) in [5, 5.41) is 3.32. The summed E-state index contributed by atoms with van der Waals surface area (Å²) in [6.07, 6.45) is 5.77. The SMILES string of the molecule is NC(=S)c1ccnc(NCC2CCC2)c1. The van der Waals surface area contributed by atoms with E-state index in [1.165, 1.54) is 19.3 Å². The second-order valence-electron chi connectivity index (χ2n) is 3.97. The third-order valence-electron chi connectivity index (χ3n) is 2.84. The van der Waals surface area contributed by atoms with Gasteiger partial charge in [-0.2, -0.15) is 0 Å². The van der Waals surface area contributed by atoms with Crippen molar-refractivity contribution in [3.63, 3.8) is 0 Å². The molecule has 3 nitrogen and oxygen atoms in total. The topological polar surface area (TPSA) is 50.9 Å². The molecule has 1 aliphatic carbocycles. The van der Waals surface area contributed by atoms with Crippen LogP contribution in [0.3, 0.4) is 0 Å². The maximum atomic E-state index is 5.55. The molecule has 0 aromatic carbocycles. The number of aromatic nitrogens is 1. The van der Waals surface area contributed by atoms with Crippen molar-refractivity contribution in [2.24, 2.45) is 11.7 Å². The van der Waals surface area contributed by atoms with E-state index in [4.69, 9.17) is 18.0 Å². The van der Waals surface area contributed by atoms with Gasteiger partial charge in [0, 0.05) is 18.3 Å². The molecule has 0 spiro atoms. The number of rotatable bonds is 4. The Hall–Kier alpha value is -1.16. The van der Waals surface area contributed by atoms with Gasteiger partial charge >= 0.3 is 0 Å². The lowest BCUT2D eigenvalue weighted by Gasteiger charge is -2.25. The zero-order valence-electron chi connectivity index (χ0n) is 8.57. The molecule has 1 saturated carbocycles. The monoisotopic (exact) mass is 221 g/mol. The Bertz CT molecular complexity index is 361. The molecule has 0 unspecified atom stereocenters. The molecule has 0 aliphatic heterocycles. The first-order valence-corrected chi connectivity index (χ1v) is 5.66. The third-order valence-corrected chi connectivity index (χ3v) is 3.08. The third kappa shape index (κ3) is 2.65. The smallest absolute Gasteiger partial charge is 0.126 e. The van der Waals surface area contributed by atoms with Gasteiger partial charge in [0.25, 0.3) is 0 Å². The normalized spacial score (nSPS) is 15.7. The van der Waals surface area contributed by atoms with Crippen molar-refractivity contribution in [2.45, 2.75) is 19.3 Å². The summed E-state index contributed by atoms with van der Waals surface area (Å²) in [5.74, 6) is 1.69. The lowest BCUT2D eigenvalue weighted by Crippen LogP contribution is -2.21. The quantitative estimate of drug-likeness (QED) is 0.763. The van der Waals surface area contributed by atoms with Crippen LogP contribution in [0.15, 0.2) is 18.3 Å². The van der Waals surface area contributed by atoms with Crippen molar-refractivity contribution in [3.8, 4) is 0 Å². The number of thiocarbonyl (C=S) groups is 1. The van der Waals surface area contributed by atoms with Crippen LogP contribution in [-0.2, 0) is 0 Å². The Kier molecular flexibility index (Phi) is 3.16. The Morgan fingerprint density at radius 2 is 2.40 bits per heavy atom. The fraction of sp³-hybridized carbons (Fsp3) is 0.455. The van der Waals surface area contributed by atoms with Crippen LogP contribution < -0.4 is 11.1 Å². The molecule has 0 amide bonds. The summed E-state index contributed by atoms with van der Waals surface area (Å²) < 4.78 is 0. The maximum Gasteiger partial charge on any atom is 0.126 e. The second kappa shape index (κ2) is 4.57. The summed E-state index contributed by atoms with van der Waals surface area (Å²) in [6.45, 7) is 1.01. The number of nitrogens with one attached hydrogen (secondary N) is 1. The molecule has 0 radical (unpaired) electrons. The van der Waals surface area contributed by atoms with E-state index in [0.29, 0.717) is 4.99 Å². The van der Waals surface area contributed by atoms with E-state index in [2.05, 4.69) is 10.3 Å². The molecule has 2 rings (SSSR count). The highest BCUT2D eigenvalue weighted by Gasteiger charge is 2.16. The Balaban J connectivity index is 1.94. The average molecular weight is 221 g/mol. The van der Waals surface area contributed by atoms with Crippen molar-refractivity contribution in [1.82, 2.24) is 4.98 Å². The number of pyridine rings is 1. The van der Waals surface area contributed by atoms with Crippen molar-refractivity contribution < 1.29 is 0 Å². The van der Waals surface area contributed by atoms with Gasteiger partial charge in [-0.3, -0.25) is 0 Å². The van der Waals surface area contributed by atoms with Crippen LogP contribution in [0.25, 0.3) is 0 Å². The van der Waals surface area contributed by atoms with E-state index < -0.39 is 0 Å². The van der Waals surface area contributed by atoms with Crippen LogP contribution in [0.1, 0.15) is 24.8 Å². The molecule has 1 aromatic heterocycles. The average Bonchev–Trinajstić information content (AvgIpc) is 2.16. The standard InChI is InChI=1S/C11H15N3S/c12-11(15)9-4-5-13-10(6-9)14-7-8-2-1-3-8/h4-6,8H,1-3,7H2,(H2,12,15)(H,13,14). The molecule has 80 valence electrons. The molecule has 0 atom stereocenters. The van der Waals surface area contributed by atoms with E-state index in [1.54, 1.807) is 6.20 Å². The fourth-order valence-electron chi connectivity index (χ4n) is 1.63. The minimum absolute atomic E-state index is 0.420. The van der Waals surface area contributed by atoms with Crippen molar-refractivity contribution in [2.75, 3.05) is 11.9 Å². The van der Waals surface area contributed by atoms with Crippen molar-refractivity contribution >= 4 is 23.0 Å². The molecule has 0 bridgehead atoms. The van der Waals surface area contributed by atoms with Crippen LogP contribution in [0, 0.1) is 5.92 Å². The van der Waals surface area contributed by atoms with Gasteiger partial charge in [-0.15, -0.1) is 0 Å². The number of anilines is 1.